The van der Waals surface area contributed by atoms with Gasteiger partial charge in [-0.05, 0) is 19.8 Å². The maximum absolute atomic E-state index is 12.4. The van der Waals surface area contributed by atoms with Gasteiger partial charge in [0.05, 0.1) is 11.0 Å². The molecule has 1 aromatic rings. The molecule has 1 heterocycles. The second-order valence-electron chi connectivity index (χ2n) is 6.45. The summed E-state index contributed by atoms with van der Waals surface area (Å²) < 4.78 is 0. The fraction of sp³-hybridized carbons (Fsp3) is 0.750. The Kier molecular flexibility index (Phi) is 7.08. The van der Waals surface area contributed by atoms with Crippen molar-refractivity contribution < 1.29 is 4.79 Å². The average molecular weight is 353 g/mol. The highest BCUT2D eigenvalue weighted by Gasteiger charge is 2.20. The van der Waals surface area contributed by atoms with E-state index < -0.39 is 0 Å². The number of hydrogen-bond acceptors (Lipinski definition) is 7. The van der Waals surface area contributed by atoms with Gasteiger partial charge >= 0.3 is 0 Å². The Labute approximate surface area is 148 Å². The largest absolute Gasteiger partial charge is 0.368 e. The fourth-order valence-electron chi connectivity index (χ4n) is 2.71. The van der Waals surface area contributed by atoms with Gasteiger partial charge in [-0.2, -0.15) is 15.0 Å². The summed E-state index contributed by atoms with van der Waals surface area (Å²) in [6.45, 7) is 1.92. The number of aromatic nitrogens is 3. The maximum Gasteiger partial charge on any atom is 0.233 e. The number of hydrogen-bond donors (Lipinski definition) is 2. The normalized spacial score (nSPS) is 17.1. The van der Waals surface area contributed by atoms with Gasteiger partial charge in [0.2, 0.25) is 17.8 Å². The van der Waals surface area contributed by atoms with Gasteiger partial charge in [-0.3, -0.25) is 4.79 Å². The molecule has 0 unspecified atom stereocenters. The SMILES string of the molecule is C[C@@H](SCc1nc(N)nc(N(C)C)n1)C(=O)NC1CCCCCC1. The van der Waals surface area contributed by atoms with Crippen LogP contribution in [0, 0.1) is 0 Å². The Morgan fingerprint density at radius 3 is 2.54 bits per heavy atom. The number of nitrogens with one attached hydrogen (secondary N) is 1. The van der Waals surface area contributed by atoms with Crippen LogP contribution in [0.5, 0.6) is 0 Å². The third kappa shape index (κ3) is 5.81. The van der Waals surface area contributed by atoms with Crippen LogP contribution in [0.2, 0.25) is 0 Å². The highest BCUT2D eigenvalue weighted by molar-refractivity contribution is 7.99. The highest BCUT2D eigenvalue weighted by Crippen LogP contribution is 2.20. The number of anilines is 2. The van der Waals surface area contributed by atoms with Crippen LogP contribution < -0.4 is 16.0 Å². The number of amides is 1. The first-order valence-corrected chi connectivity index (χ1v) is 9.60. The number of nitrogens with two attached hydrogens (primary N) is 1. The molecule has 7 nitrogen and oxygen atoms in total. The molecule has 1 saturated carbocycles. The molecule has 0 spiro atoms. The first kappa shape index (κ1) is 18.8. The lowest BCUT2D eigenvalue weighted by atomic mass is 10.1. The zero-order chi connectivity index (χ0) is 17.5. The summed E-state index contributed by atoms with van der Waals surface area (Å²) in [6.07, 6.45) is 7.18. The minimum Gasteiger partial charge on any atom is -0.368 e. The quantitative estimate of drug-likeness (QED) is 0.756. The van der Waals surface area contributed by atoms with Gasteiger partial charge in [-0.1, -0.05) is 25.7 Å². The molecule has 0 radical (unpaired) electrons. The Balaban J connectivity index is 1.85. The summed E-state index contributed by atoms with van der Waals surface area (Å²) in [7, 11) is 3.71. The van der Waals surface area contributed by atoms with Gasteiger partial charge < -0.3 is 16.0 Å². The molecular weight excluding hydrogens is 324 g/mol. The maximum atomic E-state index is 12.4. The molecule has 1 aliphatic carbocycles. The van der Waals surface area contributed by atoms with Gasteiger partial charge in [0.15, 0.2) is 0 Å². The average Bonchev–Trinajstić information content (AvgIpc) is 2.80. The molecule has 0 bridgehead atoms. The van der Waals surface area contributed by atoms with E-state index in [1.54, 1.807) is 4.90 Å². The number of nitrogen functional groups attached to an aromatic ring is 1. The molecule has 1 aromatic heterocycles. The van der Waals surface area contributed by atoms with Crippen molar-refractivity contribution in [3.63, 3.8) is 0 Å². The molecule has 1 aliphatic rings. The monoisotopic (exact) mass is 352 g/mol. The standard InChI is InChI=1S/C16H28N6OS/c1-11(14(23)18-12-8-6-4-5-7-9-12)24-10-13-19-15(17)21-16(20-13)22(2)3/h11-12H,4-10H2,1-3H3,(H,18,23)(H2,17,19,20,21)/t11-/m1/s1. The van der Waals surface area contributed by atoms with E-state index in [9.17, 15) is 4.79 Å². The number of rotatable bonds is 6. The Morgan fingerprint density at radius 2 is 1.92 bits per heavy atom. The predicted octanol–water partition coefficient (Wildman–Crippen LogP) is 1.98. The van der Waals surface area contributed by atoms with Crippen LogP contribution in [-0.4, -0.2) is 46.2 Å². The van der Waals surface area contributed by atoms with Crippen molar-refractivity contribution in [3.8, 4) is 0 Å². The molecule has 2 rings (SSSR count). The van der Waals surface area contributed by atoms with Crippen molar-refractivity contribution in [1.82, 2.24) is 20.3 Å². The molecule has 1 atom stereocenters. The first-order chi connectivity index (χ1) is 11.5. The van der Waals surface area contributed by atoms with Crippen LogP contribution in [0.3, 0.4) is 0 Å². The fourth-order valence-corrected chi connectivity index (χ4v) is 3.45. The van der Waals surface area contributed by atoms with Crippen molar-refractivity contribution in [3.05, 3.63) is 5.82 Å². The number of carbonyl (C=O) groups excluding carboxylic acids is 1. The second kappa shape index (κ2) is 9.05. The van der Waals surface area contributed by atoms with Crippen LogP contribution in [0.1, 0.15) is 51.3 Å². The minimum absolute atomic E-state index is 0.0989. The molecule has 8 heteroatoms. The molecule has 24 heavy (non-hydrogen) atoms. The molecule has 3 N–H and O–H groups in total. The molecule has 134 valence electrons. The van der Waals surface area contributed by atoms with Crippen LogP contribution in [0.4, 0.5) is 11.9 Å². The lowest BCUT2D eigenvalue weighted by molar-refractivity contribution is -0.121. The van der Waals surface area contributed by atoms with E-state index in [1.807, 2.05) is 21.0 Å². The van der Waals surface area contributed by atoms with Gasteiger partial charge in [-0.25, -0.2) is 0 Å². The Hall–Kier alpha value is -1.57. The highest BCUT2D eigenvalue weighted by atomic mass is 32.2. The summed E-state index contributed by atoms with van der Waals surface area (Å²) >= 11 is 1.52. The third-order valence-corrected chi connectivity index (χ3v) is 5.26. The van der Waals surface area contributed by atoms with Crippen LogP contribution in [0.15, 0.2) is 0 Å². The predicted molar refractivity (Wildman–Crippen MR) is 99.0 cm³/mol. The summed E-state index contributed by atoms with van der Waals surface area (Å²) in [6, 6.07) is 0.330. The summed E-state index contributed by atoms with van der Waals surface area (Å²) in [4.78, 5) is 26.7. The lowest BCUT2D eigenvalue weighted by Gasteiger charge is -2.19. The van der Waals surface area contributed by atoms with Crippen molar-refractivity contribution >= 4 is 29.6 Å². The van der Waals surface area contributed by atoms with Crippen molar-refractivity contribution in [2.24, 2.45) is 0 Å². The van der Waals surface area contributed by atoms with Gasteiger partial charge in [-0.15, -0.1) is 11.8 Å². The summed E-state index contributed by atoms with van der Waals surface area (Å²) in [5, 5.41) is 3.05. The molecule has 0 saturated heterocycles. The van der Waals surface area contributed by atoms with Crippen molar-refractivity contribution in [1.29, 1.82) is 0 Å². The van der Waals surface area contributed by atoms with Gasteiger partial charge in [0.25, 0.3) is 0 Å². The van der Waals surface area contributed by atoms with E-state index in [4.69, 9.17) is 5.73 Å². The van der Waals surface area contributed by atoms with E-state index in [0.717, 1.165) is 12.8 Å². The van der Waals surface area contributed by atoms with Crippen LogP contribution in [0.25, 0.3) is 0 Å². The van der Waals surface area contributed by atoms with E-state index in [-0.39, 0.29) is 17.1 Å². The molecule has 0 aliphatic heterocycles. The number of carbonyl (C=O) groups is 1. The zero-order valence-corrected chi connectivity index (χ0v) is 15.6. The van der Waals surface area contributed by atoms with Crippen molar-refractivity contribution in [2.75, 3.05) is 24.7 Å². The van der Waals surface area contributed by atoms with E-state index in [1.165, 1.54) is 37.4 Å². The van der Waals surface area contributed by atoms with Crippen LogP contribution in [-0.2, 0) is 10.5 Å². The van der Waals surface area contributed by atoms with Gasteiger partial charge in [0, 0.05) is 20.1 Å². The molecular formula is C16H28N6OS. The first-order valence-electron chi connectivity index (χ1n) is 8.55. The lowest BCUT2D eigenvalue weighted by Crippen LogP contribution is -2.39. The van der Waals surface area contributed by atoms with E-state index in [2.05, 4.69) is 20.3 Å². The summed E-state index contributed by atoms with van der Waals surface area (Å²) in [5.41, 5.74) is 5.72. The van der Waals surface area contributed by atoms with E-state index >= 15 is 0 Å². The van der Waals surface area contributed by atoms with Crippen molar-refractivity contribution in [2.45, 2.75) is 62.5 Å². The zero-order valence-electron chi connectivity index (χ0n) is 14.8. The number of nitrogens with zero attached hydrogens (tertiary/aromatic N) is 4. The summed E-state index contributed by atoms with van der Waals surface area (Å²) in [5.74, 6) is 1.98. The number of thioether (sulfide) groups is 1. The Bertz CT molecular complexity index is 545. The second-order valence-corrected chi connectivity index (χ2v) is 7.78. The van der Waals surface area contributed by atoms with Gasteiger partial charge in [0.1, 0.15) is 5.82 Å². The third-order valence-electron chi connectivity index (χ3n) is 4.12. The van der Waals surface area contributed by atoms with E-state index in [0.29, 0.717) is 23.6 Å². The topological polar surface area (TPSA) is 97.0 Å². The molecule has 1 amide bonds. The molecule has 1 fully saturated rings. The minimum atomic E-state index is -0.144. The van der Waals surface area contributed by atoms with Crippen LogP contribution >= 0.6 is 11.8 Å². The smallest absolute Gasteiger partial charge is 0.233 e. The molecule has 0 aromatic carbocycles. The Morgan fingerprint density at radius 1 is 1.25 bits per heavy atom.